The molecule has 0 heterocycles. The lowest BCUT2D eigenvalue weighted by Gasteiger charge is -2.19. The molecule has 0 aromatic heterocycles. The van der Waals surface area contributed by atoms with Crippen molar-refractivity contribution < 1.29 is 31.9 Å². The largest absolute Gasteiger partial charge is 1.00 e. The maximum absolute atomic E-state index is 4.73. The molecule has 0 atom stereocenters. The summed E-state index contributed by atoms with van der Waals surface area (Å²) in [6.45, 7) is 3.63. The van der Waals surface area contributed by atoms with Crippen LogP contribution in [0.1, 0.15) is 5.56 Å². The summed E-state index contributed by atoms with van der Waals surface area (Å²) >= 11 is 0. The Balaban J connectivity index is 0. The lowest BCUT2D eigenvalue weighted by molar-refractivity contribution is -1.35. The smallest absolute Gasteiger partial charge is 0.168 e. The Hall–Kier alpha value is -0.910. The van der Waals surface area contributed by atoms with Gasteiger partial charge in [-0.25, -0.2) is 0 Å². The Labute approximate surface area is 109 Å². The molecular weight excluding hydrogens is 242 g/mol. The van der Waals surface area contributed by atoms with Gasteiger partial charge in [-0.05, 0) is 5.56 Å². The van der Waals surface area contributed by atoms with E-state index in [-0.39, 0.29) is 17.4 Å². The fraction of sp³-hybridized carbons (Fsp3) is 0.333. The Kier molecular flexibility index (Phi) is 11.1. The quantitative estimate of drug-likeness (QED) is 0.538. The number of benzene rings is 1. The van der Waals surface area contributed by atoms with E-state index in [9.17, 15) is 0 Å². The molecule has 0 aliphatic rings. The summed E-state index contributed by atoms with van der Waals surface area (Å²) in [5, 5.41) is 0. The third-order valence-corrected chi connectivity index (χ3v) is 2.03. The first kappa shape index (κ1) is 18.5. The molecule has 0 aliphatic heterocycles. The molecule has 0 aliphatic carbocycles. The van der Waals surface area contributed by atoms with Gasteiger partial charge in [0, 0.05) is 0 Å². The normalized spacial score (nSPS) is 9.65. The molecule has 0 saturated carbocycles. The second kappa shape index (κ2) is 10.3. The first-order valence-electron chi connectivity index (χ1n) is 4.83. The molecule has 0 bridgehead atoms. The highest BCUT2D eigenvalue weighted by Gasteiger charge is 2.20. The van der Waals surface area contributed by atoms with Crippen molar-refractivity contribution in [1.29, 1.82) is 0 Å². The van der Waals surface area contributed by atoms with E-state index in [2.05, 4.69) is 6.58 Å². The number of hydroxylamine groups is 3. The molecule has 1 aromatic carbocycles. The molecule has 0 unspecified atom stereocenters. The number of hydrogen-bond donors (Lipinski definition) is 0. The molecule has 0 saturated heterocycles. The summed E-state index contributed by atoms with van der Waals surface area (Å²) in [6, 6.07) is 10.0. The zero-order valence-electron chi connectivity index (χ0n) is 10.7. The Morgan fingerprint density at radius 1 is 1.00 bits per heavy atom. The molecule has 0 radical (unpaired) electrons. The van der Waals surface area contributed by atoms with Crippen molar-refractivity contribution in [3.63, 3.8) is 0 Å². The van der Waals surface area contributed by atoms with Crippen LogP contribution in [-0.2, 0) is 14.5 Å². The van der Waals surface area contributed by atoms with E-state index in [4.69, 9.17) is 14.5 Å². The van der Waals surface area contributed by atoms with Gasteiger partial charge in [0.25, 0.3) is 0 Å². The van der Waals surface area contributed by atoms with Crippen molar-refractivity contribution in [2.45, 2.75) is 0 Å². The minimum Gasteiger partial charge on any atom is -1.00 e. The molecule has 17 heavy (non-hydrogen) atoms. The molecule has 5 heteroatoms. The van der Waals surface area contributed by atoms with Gasteiger partial charge in [0.05, 0.1) is 4.97 Å². The number of quaternary nitrogens is 1. The molecule has 98 valence electrons. The average molecular weight is 262 g/mol. The van der Waals surface area contributed by atoms with Crippen molar-refractivity contribution in [1.82, 2.24) is 0 Å². The van der Waals surface area contributed by atoms with E-state index in [1.54, 1.807) is 7.05 Å². The standard InChI is InChI=1S/C8H8.C4H12NO3.ClH/c1-2-8-6-4-3-5-7-8;1-5(6-2,7-3)8-4;/h2-7H,1H2;1-4H3;1H/q;+1;/p-1. The van der Waals surface area contributed by atoms with Crippen LogP contribution in [0.5, 0.6) is 0 Å². The van der Waals surface area contributed by atoms with E-state index in [0.29, 0.717) is 0 Å². The van der Waals surface area contributed by atoms with Gasteiger partial charge >= 0.3 is 0 Å². The highest BCUT2D eigenvalue weighted by molar-refractivity contribution is 5.45. The fourth-order valence-electron chi connectivity index (χ4n) is 0.813. The van der Waals surface area contributed by atoms with E-state index < -0.39 is 0 Å². The van der Waals surface area contributed by atoms with Crippen LogP contribution in [-0.4, -0.2) is 33.4 Å². The van der Waals surface area contributed by atoms with Crippen LogP contribution in [0.4, 0.5) is 0 Å². The summed E-state index contributed by atoms with van der Waals surface area (Å²) in [6.07, 6.45) is 1.83. The average Bonchev–Trinajstić information content (AvgIpc) is 2.39. The van der Waals surface area contributed by atoms with E-state index in [1.165, 1.54) is 26.9 Å². The molecular formula is C12H20ClNO3. The second-order valence-corrected chi connectivity index (χ2v) is 2.93. The van der Waals surface area contributed by atoms with Gasteiger partial charge in [-0.2, -0.15) is 0 Å². The van der Waals surface area contributed by atoms with Gasteiger partial charge in [-0.1, -0.05) is 43.0 Å². The number of hydrogen-bond acceptors (Lipinski definition) is 3. The first-order valence-corrected chi connectivity index (χ1v) is 4.83. The van der Waals surface area contributed by atoms with Crippen molar-refractivity contribution in [3.05, 3.63) is 42.5 Å². The van der Waals surface area contributed by atoms with Crippen molar-refractivity contribution >= 4 is 6.08 Å². The van der Waals surface area contributed by atoms with Crippen molar-refractivity contribution in [3.8, 4) is 0 Å². The lowest BCUT2D eigenvalue weighted by atomic mass is 10.2. The van der Waals surface area contributed by atoms with E-state index in [1.807, 2.05) is 36.4 Å². The molecule has 0 amide bonds. The Morgan fingerprint density at radius 3 is 1.59 bits per heavy atom. The summed E-state index contributed by atoms with van der Waals surface area (Å²) in [7, 11) is 6.10. The Morgan fingerprint density at radius 2 is 1.41 bits per heavy atom. The van der Waals surface area contributed by atoms with Crippen molar-refractivity contribution in [2.75, 3.05) is 28.4 Å². The summed E-state index contributed by atoms with van der Waals surface area (Å²) in [5.74, 6) is 0. The maximum Gasteiger partial charge on any atom is 0.168 e. The monoisotopic (exact) mass is 261 g/mol. The van der Waals surface area contributed by atoms with Crippen LogP contribution in [0.3, 0.4) is 0 Å². The molecule has 4 nitrogen and oxygen atoms in total. The van der Waals surface area contributed by atoms with E-state index >= 15 is 0 Å². The molecule has 0 fully saturated rings. The first-order chi connectivity index (χ1) is 7.61. The van der Waals surface area contributed by atoms with Gasteiger partial charge in [-0.15, -0.1) is 14.5 Å². The maximum atomic E-state index is 4.73. The SMILES string of the molecule is C=Cc1ccccc1.CO[N+](C)(OC)OC.[Cl-]. The summed E-state index contributed by atoms with van der Waals surface area (Å²) in [5.41, 5.74) is 1.17. The highest BCUT2D eigenvalue weighted by Crippen LogP contribution is 1.99. The molecule has 1 aromatic rings. The number of nitrogens with zero attached hydrogens (tertiary/aromatic N) is 1. The lowest BCUT2D eigenvalue weighted by Crippen LogP contribution is -3.00. The Bertz CT molecular complexity index is 281. The van der Waals surface area contributed by atoms with Gasteiger partial charge in [0.15, 0.2) is 7.05 Å². The third-order valence-electron chi connectivity index (χ3n) is 2.03. The van der Waals surface area contributed by atoms with Crippen LogP contribution < -0.4 is 12.4 Å². The van der Waals surface area contributed by atoms with Gasteiger partial charge in [0.1, 0.15) is 21.3 Å². The molecule has 0 N–H and O–H groups in total. The van der Waals surface area contributed by atoms with Gasteiger partial charge in [-0.3, -0.25) is 0 Å². The summed E-state index contributed by atoms with van der Waals surface area (Å²) < 4.78 is 0. The predicted octanol–water partition coefficient (Wildman–Crippen LogP) is -0.549. The highest BCUT2D eigenvalue weighted by atomic mass is 35.5. The van der Waals surface area contributed by atoms with Crippen LogP contribution in [0, 0.1) is 0 Å². The predicted molar refractivity (Wildman–Crippen MR) is 63.7 cm³/mol. The second-order valence-electron chi connectivity index (χ2n) is 2.93. The van der Waals surface area contributed by atoms with Crippen LogP contribution >= 0.6 is 0 Å². The number of rotatable bonds is 4. The minimum atomic E-state index is -0.292. The number of halogens is 1. The van der Waals surface area contributed by atoms with Crippen LogP contribution in [0.25, 0.3) is 6.08 Å². The van der Waals surface area contributed by atoms with E-state index in [0.717, 1.165) is 0 Å². The molecule has 0 spiro atoms. The topological polar surface area (TPSA) is 27.7 Å². The minimum absolute atomic E-state index is 0. The van der Waals surface area contributed by atoms with Crippen molar-refractivity contribution in [2.24, 2.45) is 0 Å². The molecule has 1 rings (SSSR count). The van der Waals surface area contributed by atoms with Gasteiger partial charge in [0.2, 0.25) is 0 Å². The fourth-order valence-corrected chi connectivity index (χ4v) is 0.813. The zero-order chi connectivity index (χ0) is 12.4. The van der Waals surface area contributed by atoms with Crippen LogP contribution in [0.2, 0.25) is 0 Å². The van der Waals surface area contributed by atoms with Gasteiger partial charge < -0.3 is 12.4 Å². The van der Waals surface area contributed by atoms with Crippen LogP contribution in [0.15, 0.2) is 36.9 Å². The third kappa shape index (κ3) is 7.90. The zero-order valence-corrected chi connectivity index (χ0v) is 11.5. The summed E-state index contributed by atoms with van der Waals surface area (Å²) in [4.78, 5) is 13.9.